The minimum atomic E-state index is -0.275. The molecule has 20 heavy (non-hydrogen) atoms. The molecule has 0 saturated heterocycles. The Labute approximate surface area is 121 Å². The van der Waals surface area contributed by atoms with Gasteiger partial charge in [0, 0.05) is 35.2 Å². The van der Waals surface area contributed by atoms with Gasteiger partial charge in [-0.05, 0) is 41.5 Å². The molecule has 0 aliphatic rings. The lowest BCUT2D eigenvalue weighted by atomic mass is 10.1. The third-order valence-electron chi connectivity index (χ3n) is 3.47. The molecule has 102 valence electrons. The Morgan fingerprint density at radius 3 is 2.75 bits per heavy atom. The summed E-state index contributed by atoms with van der Waals surface area (Å²) in [5.74, 6) is -0.275. The third-order valence-corrected chi connectivity index (χ3v) is 3.84. The normalized spacial score (nSPS) is 11.2. The van der Waals surface area contributed by atoms with Gasteiger partial charge in [-0.1, -0.05) is 23.7 Å². The lowest BCUT2D eigenvalue weighted by molar-refractivity contribution is 0.624. The van der Waals surface area contributed by atoms with Crippen LogP contribution in [0, 0.1) is 5.82 Å². The number of hydrogen-bond acceptors (Lipinski definition) is 1. The first-order valence-electron chi connectivity index (χ1n) is 6.40. The molecule has 1 aromatic heterocycles. The molecule has 3 rings (SSSR count). The Bertz CT molecular complexity index is 764. The highest BCUT2D eigenvalue weighted by molar-refractivity contribution is 6.31. The minimum Gasteiger partial charge on any atom is -0.343 e. The van der Waals surface area contributed by atoms with Crippen LogP contribution in [-0.2, 0) is 13.1 Å². The van der Waals surface area contributed by atoms with E-state index in [4.69, 9.17) is 17.3 Å². The van der Waals surface area contributed by atoms with Crippen LogP contribution in [-0.4, -0.2) is 4.57 Å². The molecular formula is C16H14ClFN2. The van der Waals surface area contributed by atoms with Gasteiger partial charge in [-0.15, -0.1) is 0 Å². The SMILES string of the molecule is NCc1cccc2c1ccn2Cc1cc(F)ccc1Cl. The summed E-state index contributed by atoms with van der Waals surface area (Å²) in [6.07, 6.45) is 1.98. The van der Waals surface area contributed by atoms with Crippen LogP contribution in [0.5, 0.6) is 0 Å². The summed E-state index contributed by atoms with van der Waals surface area (Å²) >= 11 is 6.12. The van der Waals surface area contributed by atoms with E-state index in [1.54, 1.807) is 6.07 Å². The zero-order chi connectivity index (χ0) is 14.1. The Hall–Kier alpha value is -1.84. The lowest BCUT2D eigenvalue weighted by Gasteiger charge is -2.08. The third kappa shape index (κ3) is 2.30. The van der Waals surface area contributed by atoms with E-state index >= 15 is 0 Å². The summed E-state index contributed by atoms with van der Waals surface area (Å²) in [6.45, 7) is 1.04. The molecule has 0 spiro atoms. The maximum Gasteiger partial charge on any atom is 0.123 e. The minimum absolute atomic E-state index is 0.275. The number of nitrogens with two attached hydrogens (primary N) is 1. The van der Waals surface area contributed by atoms with Crippen LogP contribution >= 0.6 is 11.6 Å². The van der Waals surface area contributed by atoms with Gasteiger partial charge in [0.25, 0.3) is 0 Å². The number of fused-ring (bicyclic) bond motifs is 1. The van der Waals surface area contributed by atoms with Crippen molar-refractivity contribution < 1.29 is 4.39 Å². The summed E-state index contributed by atoms with van der Waals surface area (Å²) < 4.78 is 15.4. The summed E-state index contributed by atoms with van der Waals surface area (Å²) in [5, 5.41) is 1.70. The second kappa shape index (κ2) is 5.27. The molecule has 0 atom stereocenters. The van der Waals surface area contributed by atoms with Gasteiger partial charge in [0.2, 0.25) is 0 Å². The standard InChI is InChI=1S/C16H14ClFN2/c17-15-5-4-13(18)8-12(15)10-20-7-6-14-11(9-19)2-1-3-16(14)20/h1-8H,9-10,19H2. The Kier molecular flexibility index (Phi) is 3.47. The maximum absolute atomic E-state index is 13.3. The first kappa shape index (κ1) is 13.2. The molecule has 4 heteroatoms. The number of benzene rings is 2. The van der Waals surface area contributed by atoms with E-state index in [2.05, 4.69) is 4.57 Å². The van der Waals surface area contributed by atoms with Crippen molar-refractivity contribution in [2.75, 3.05) is 0 Å². The van der Waals surface area contributed by atoms with E-state index in [-0.39, 0.29) is 5.82 Å². The van der Waals surface area contributed by atoms with Crippen molar-refractivity contribution in [3.63, 3.8) is 0 Å². The molecule has 1 heterocycles. The van der Waals surface area contributed by atoms with E-state index in [0.717, 1.165) is 22.0 Å². The number of aromatic nitrogens is 1. The number of rotatable bonds is 3. The average Bonchev–Trinajstić information content (AvgIpc) is 2.86. The number of nitrogens with zero attached hydrogens (tertiary/aromatic N) is 1. The highest BCUT2D eigenvalue weighted by Gasteiger charge is 2.07. The smallest absolute Gasteiger partial charge is 0.123 e. The van der Waals surface area contributed by atoms with Crippen molar-refractivity contribution in [3.05, 3.63) is 70.6 Å². The van der Waals surface area contributed by atoms with E-state index in [1.165, 1.54) is 12.1 Å². The molecule has 0 aliphatic heterocycles. The molecule has 0 amide bonds. The molecule has 0 aliphatic carbocycles. The largest absolute Gasteiger partial charge is 0.343 e. The number of hydrogen-bond donors (Lipinski definition) is 1. The molecule has 2 aromatic carbocycles. The van der Waals surface area contributed by atoms with Crippen molar-refractivity contribution in [1.82, 2.24) is 4.57 Å². The second-order valence-electron chi connectivity index (χ2n) is 4.73. The fourth-order valence-corrected chi connectivity index (χ4v) is 2.63. The van der Waals surface area contributed by atoms with Gasteiger partial charge in [0.1, 0.15) is 5.82 Å². The molecule has 3 aromatic rings. The summed E-state index contributed by atoms with van der Waals surface area (Å²) in [6, 6.07) is 12.5. The first-order valence-corrected chi connectivity index (χ1v) is 6.77. The van der Waals surface area contributed by atoms with Crippen LogP contribution in [0.4, 0.5) is 4.39 Å². The molecule has 0 saturated carbocycles. The maximum atomic E-state index is 13.3. The fourth-order valence-electron chi connectivity index (χ4n) is 2.45. The zero-order valence-corrected chi connectivity index (χ0v) is 11.6. The Balaban J connectivity index is 2.05. The van der Waals surface area contributed by atoms with Crippen LogP contribution in [0.25, 0.3) is 10.9 Å². The zero-order valence-electron chi connectivity index (χ0n) is 10.8. The molecule has 2 N–H and O–H groups in total. The van der Waals surface area contributed by atoms with Crippen LogP contribution in [0.15, 0.2) is 48.7 Å². The predicted molar refractivity (Wildman–Crippen MR) is 80.3 cm³/mol. The van der Waals surface area contributed by atoms with Gasteiger partial charge in [-0.3, -0.25) is 0 Å². The van der Waals surface area contributed by atoms with Crippen LogP contribution in [0.3, 0.4) is 0 Å². The van der Waals surface area contributed by atoms with E-state index in [9.17, 15) is 4.39 Å². The average molecular weight is 289 g/mol. The van der Waals surface area contributed by atoms with E-state index in [0.29, 0.717) is 18.1 Å². The van der Waals surface area contributed by atoms with Crippen LogP contribution < -0.4 is 5.73 Å². The van der Waals surface area contributed by atoms with Crippen molar-refractivity contribution in [2.45, 2.75) is 13.1 Å². The van der Waals surface area contributed by atoms with Gasteiger partial charge in [0.15, 0.2) is 0 Å². The van der Waals surface area contributed by atoms with Crippen LogP contribution in [0.2, 0.25) is 5.02 Å². The highest BCUT2D eigenvalue weighted by atomic mass is 35.5. The van der Waals surface area contributed by atoms with Crippen LogP contribution in [0.1, 0.15) is 11.1 Å². The molecule has 0 unspecified atom stereocenters. The molecule has 0 fully saturated rings. The number of halogens is 2. The summed E-state index contributed by atoms with van der Waals surface area (Å²) in [5.41, 5.74) is 8.69. The first-order chi connectivity index (χ1) is 9.69. The topological polar surface area (TPSA) is 30.9 Å². The monoisotopic (exact) mass is 288 g/mol. The summed E-state index contributed by atoms with van der Waals surface area (Å²) in [7, 11) is 0. The van der Waals surface area contributed by atoms with Crippen molar-refractivity contribution in [3.8, 4) is 0 Å². The Morgan fingerprint density at radius 1 is 1.10 bits per heavy atom. The molecule has 2 nitrogen and oxygen atoms in total. The highest BCUT2D eigenvalue weighted by Crippen LogP contribution is 2.23. The lowest BCUT2D eigenvalue weighted by Crippen LogP contribution is -2.00. The predicted octanol–water partition coefficient (Wildman–Crippen LogP) is 3.94. The quantitative estimate of drug-likeness (QED) is 0.777. The molecular weight excluding hydrogens is 275 g/mol. The summed E-state index contributed by atoms with van der Waals surface area (Å²) in [4.78, 5) is 0. The fraction of sp³-hybridized carbons (Fsp3) is 0.125. The Morgan fingerprint density at radius 2 is 1.95 bits per heavy atom. The van der Waals surface area contributed by atoms with Gasteiger partial charge >= 0.3 is 0 Å². The van der Waals surface area contributed by atoms with Crippen molar-refractivity contribution in [1.29, 1.82) is 0 Å². The second-order valence-corrected chi connectivity index (χ2v) is 5.14. The molecule has 0 radical (unpaired) electrons. The van der Waals surface area contributed by atoms with Gasteiger partial charge in [0.05, 0.1) is 0 Å². The van der Waals surface area contributed by atoms with Crippen molar-refractivity contribution in [2.24, 2.45) is 5.73 Å². The van der Waals surface area contributed by atoms with Gasteiger partial charge < -0.3 is 10.3 Å². The van der Waals surface area contributed by atoms with E-state index < -0.39 is 0 Å². The van der Waals surface area contributed by atoms with Gasteiger partial charge in [-0.2, -0.15) is 0 Å². The van der Waals surface area contributed by atoms with E-state index in [1.807, 2.05) is 30.5 Å². The van der Waals surface area contributed by atoms with Crippen molar-refractivity contribution >= 4 is 22.5 Å². The molecule has 0 bridgehead atoms. The van der Waals surface area contributed by atoms with Gasteiger partial charge in [-0.25, -0.2) is 4.39 Å².